The number of urea groups is 1. The van der Waals surface area contributed by atoms with Gasteiger partial charge in [0.05, 0.1) is 14.2 Å². The number of anilines is 1. The Morgan fingerprint density at radius 1 is 1.00 bits per heavy atom. The Labute approximate surface area is 158 Å². The van der Waals surface area contributed by atoms with Gasteiger partial charge in [0.25, 0.3) is 0 Å². The third-order valence-electron chi connectivity index (χ3n) is 4.61. The van der Waals surface area contributed by atoms with Crippen molar-refractivity contribution in [2.24, 2.45) is 0 Å². The third-order valence-corrected chi connectivity index (χ3v) is 4.61. The largest absolute Gasteiger partial charge is 0.493 e. The lowest BCUT2D eigenvalue weighted by atomic mass is 10.2. The van der Waals surface area contributed by atoms with Gasteiger partial charge in [0, 0.05) is 44.5 Å². The Morgan fingerprint density at radius 3 is 2.30 bits per heavy atom. The van der Waals surface area contributed by atoms with Crippen molar-refractivity contribution in [1.82, 2.24) is 9.80 Å². The predicted molar refractivity (Wildman–Crippen MR) is 102 cm³/mol. The maximum absolute atomic E-state index is 13.0. The zero-order chi connectivity index (χ0) is 19.2. The standard InChI is InChI=1S/C20H24FN3O3/c1-26-18-8-7-17(13-19(18)27-2)22-20(25)24-11-9-23(10-12-24)14-15-3-5-16(21)6-4-15/h3-8,13H,9-12,14H2,1-2H3,(H,22,25). The molecule has 2 aromatic rings. The maximum Gasteiger partial charge on any atom is 0.321 e. The second kappa shape index (κ2) is 8.73. The summed E-state index contributed by atoms with van der Waals surface area (Å²) in [6.45, 7) is 3.58. The molecule has 0 atom stereocenters. The second-order valence-electron chi connectivity index (χ2n) is 6.39. The summed E-state index contributed by atoms with van der Waals surface area (Å²) in [6.07, 6.45) is 0. The first kappa shape index (κ1) is 19.0. The fourth-order valence-corrected chi connectivity index (χ4v) is 3.07. The summed E-state index contributed by atoms with van der Waals surface area (Å²) < 4.78 is 23.5. The zero-order valence-electron chi connectivity index (χ0n) is 15.6. The molecule has 7 heteroatoms. The van der Waals surface area contributed by atoms with Crippen molar-refractivity contribution >= 4 is 11.7 Å². The van der Waals surface area contributed by atoms with Crippen LogP contribution in [0.1, 0.15) is 5.56 Å². The second-order valence-corrected chi connectivity index (χ2v) is 6.39. The van der Waals surface area contributed by atoms with Crippen LogP contribution < -0.4 is 14.8 Å². The predicted octanol–water partition coefficient (Wildman–Crippen LogP) is 3.19. The SMILES string of the molecule is COc1ccc(NC(=O)N2CCN(Cc3ccc(F)cc3)CC2)cc1OC. The molecule has 1 aliphatic heterocycles. The molecule has 2 aromatic carbocycles. The van der Waals surface area contributed by atoms with Crippen molar-refractivity contribution in [3.8, 4) is 11.5 Å². The summed E-state index contributed by atoms with van der Waals surface area (Å²) in [4.78, 5) is 16.6. The lowest BCUT2D eigenvalue weighted by molar-refractivity contribution is 0.143. The minimum absolute atomic E-state index is 0.136. The van der Waals surface area contributed by atoms with Crippen LogP contribution in [-0.4, -0.2) is 56.2 Å². The summed E-state index contributed by atoms with van der Waals surface area (Å²) in [5.74, 6) is 0.958. The molecule has 0 bridgehead atoms. The normalized spacial score (nSPS) is 14.7. The van der Waals surface area contributed by atoms with E-state index < -0.39 is 0 Å². The molecule has 0 radical (unpaired) electrons. The van der Waals surface area contributed by atoms with Crippen LogP contribution in [-0.2, 0) is 6.54 Å². The van der Waals surface area contributed by atoms with Crippen LogP contribution in [0.5, 0.6) is 11.5 Å². The van der Waals surface area contributed by atoms with Crippen LogP contribution in [0.2, 0.25) is 0 Å². The molecule has 1 aliphatic rings. The molecule has 0 spiro atoms. The number of hydrogen-bond donors (Lipinski definition) is 1. The minimum atomic E-state index is -0.226. The van der Waals surface area contributed by atoms with Crippen LogP contribution >= 0.6 is 0 Å². The van der Waals surface area contributed by atoms with E-state index in [1.807, 2.05) is 0 Å². The van der Waals surface area contributed by atoms with E-state index in [2.05, 4.69) is 10.2 Å². The van der Waals surface area contributed by atoms with Gasteiger partial charge in [-0.25, -0.2) is 9.18 Å². The number of amides is 2. The van der Waals surface area contributed by atoms with Gasteiger partial charge in [-0.15, -0.1) is 0 Å². The van der Waals surface area contributed by atoms with Gasteiger partial charge in [0.2, 0.25) is 0 Å². The molecular formula is C20H24FN3O3. The van der Waals surface area contributed by atoms with Crippen LogP contribution in [0.4, 0.5) is 14.9 Å². The molecule has 6 nitrogen and oxygen atoms in total. The van der Waals surface area contributed by atoms with Gasteiger partial charge in [-0.2, -0.15) is 0 Å². The smallest absolute Gasteiger partial charge is 0.321 e. The Hall–Kier alpha value is -2.80. The van der Waals surface area contributed by atoms with E-state index in [1.54, 1.807) is 49.5 Å². The van der Waals surface area contributed by atoms with Crippen molar-refractivity contribution in [1.29, 1.82) is 0 Å². The average Bonchev–Trinajstić information content (AvgIpc) is 2.70. The molecule has 3 rings (SSSR count). The number of nitrogens with one attached hydrogen (secondary N) is 1. The average molecular weight is 373 g/mol. The highest BCUT2D eigenvalue weighted by Gasteiger charge is 2.21. The van der Waals surface area contributed by atoms with Gasteiger partial charge in [-0.3, -0.25) is 4.90 Å². The lowest BCUT2D eigenvalue weighted by Crippen LogP contribution is -2.49. The van der Waals surface area contributed by atoms with Crippen LogP contribution in [0, 0.1) is 5.82 Å². The van der Waals surface area contributed by atoms with Gasteiger partial charge < -0.3 is 19.7 Å². The van der Waals surface area contributed by atoms with E-state index in [-0.39, 0.29) is 11.8 Å². The first-order valence-electron chi connectivity index (χ1n) is 8.84. The molecule has 2 amide bonds. The molecule has 0 unspecified atom stereocenters. The first-order chi connectivity index (χ1) is 13.1. The molecule has 1 fully saturated rings. The number of piperazine rings is 1. The Bertz CT molecular complexity index is 775. The minimum Gasteiger partial charge on any atom is -0.493 e. The summed E-state index contributed by atoms with van der Waals surface area (Å²) in [5.41, 5.74) is 1.73. The van der Waals surface area contributed by atoms with Crippen molar-refractivity contribution in [3.05, 3.63) is 53.8 Å². The quantitative estimate of drug-likeness (QED) is 0.875. The highest BCUT2D eigenvalue weighted by molar-refractivity contribution is 5.89. The van der Waals surface area contributed by atoms with Crippen LogP contribution in [0.15, 0.2) is 42.5 Å². The van der Waals surface area contributed by atoms with Crippen LogP contribution in [0.25, 0.3) is 0 Å². The summed E-state index contributed by atoms with van der Waals surface area (Å²) in [5, 5.41) is 2.90. The number of rotatable bonds is 5. The Morgan fingerprint density at radius 2 is 1.67 bits per heavy atom. The van der Waals surface area contributed by atoms with E-state index in [0.717, 1.165) is 25.2 Å². The molecule has 144 valence electrons. The molecule has 0 saturated carbocycles. The van der Waals surface area contributed by atoms with Crippen LogP contribution in [0.3, 0.4) is 0 Å². The number of benzene rings is 2. The third kappa shape index (κ3) is 4.89. The van der Waals surface area contributed by atoms with Crippen molar-refractivity contribution < 1.29 is 18.7 Å². The molecular weight excluding hydrogens is 349 g/mol. The number of carbonyl (C=O) groups excluding carboxylic acids is 1. The molecule has 27 heavy (non-hydrogen) atoms. The number of ether oxygens (including phenoxy) is 2. The van der Waals surface area contributed by atoms with Crippen molar-refractivity contribution in [3.63, 3.8) is 0 Å². The summed E-state index contributed by atoms with van der Waals surface area (Å²) in [6, 6.07) is 11.7. The van der Waals surface area contributed by atoms with Gasteiger partial charge in [-0.1, -0.05) is 12.1 Å². The molecule has 0 aliphatic carbocycles. The van der Waals surface area contributed by atoms with E-state index in [1.165, 1.54) is 12.1 Å². The molecule has 0 aromatic heterocycles. The molecule has 1 heterocycles. The maximum atomic E-state index is 13.0. The van der Waals surface area contributed by atoms with Gasteiger partial charge in [0.1, 0.15) is 5.82 Å². The summed E-state index contributed by atoms with van der Waals surface area (Å²) >= 11 is 0. The number of carbonyl (C=O) groups is 1. The fraction of sp³-hybridized carbons (Fsp3) is 0.350. The Balaban J connectivity index is 1.51. The number of hydrogen-bond acceptors (Lipinski definition) is 4. The number of methoxy groups -OCH3 is 2. The topological polar surface area (TPSA) is 54.0 Å². The fourth-order valence-electron chi connectivity index (χ4n) is 3.07. The number of nitrogens with zero attached hydrogens (tertiary/aromatic N) is 2. The summed E-state index contributed by atoms with van der Waals surface area (Å²) in [7, 11) is 3.13. The van der Waals surface area contributed by atoms with Gasteiger partial charge in [0.15, 0.2) is 11.5 Å². The lowest BCUT2D eigenvalue weighted by Gasteiger charge is -2.34. The van der Waals surface area contributed by atoms with Gasteiger partial charge in [-0.05, 0) is 29.8 Å². The first-order valence-corrected chi connectivity index (χ1v) is 8.84. The molecule has 1 saturated heterocycles. The van der Waals surface area contributed by atoms with Crippen molar-refractivity contribution in [2.45, 2.75) is 6.54 Å². The van der Waals surface area contributed by atoms with Crippen molar-refractivity contribution in [2.75, 3.05) is 45.7 Å². The van der Waals surface area contributed by atoms with E-state index in [9.17, 15) is 9.18 Å². The van der Waals surface area contributed by atoms with E-state index >= 15 is 0 Å². The zero-order valence-corrected chi connectivity index (χ0v) is 15.6. The monoisotopic (exact) mass is 373 g/mol. The Kier molecular flexibility index (Phi) is 6.13. The highest BCUT2D eigenvalue weighted by atomic mass is 19.1. The number of halogens is 1. The van der Waals surface area contributed by atoms with Gasteiger partial charge >= 0.3 is 6.03 Å². The molecule has 1 N–H and O–H groups in total. The highest BCUT2D eigenvalue weighted by Crippen LogP contribution is 2.29. The van der Waals surface area contributed by atoms with E-state index in [4.69, 9.17) is 9.47 Å². The van der Waals surface area contributed by atoms with E-state index in [0.29, 0.717) is 30.3 Å².